The molecule has 1 aromatic heterocycles. The molecule has 2 aliphatic rings. The van der Waals surface area contributed by atoms with E-state index in [0.29, 0.717) is 60.3 Å². The Balaban J connectivity index is 1.61. The number of hydrogen-bond donors (Lipinski definition) is 0. The Morgan fingerprint density at radius 2 is 1.92 bits per heavy atom. The second-order valence-electron chi connectivity index (χ2n) is 10.3. The SMILES string of the molecule is CCOc1cc(C2c3c(oc4ccc(C)cc4c3=O)C(=O)N2CC2CCCO2)ccc1OCCC(C)C. The fraction of sp³-hybridized carbons (Fsp3) is 0.467. The molecule has 0 saturated carbocycles. The van der Waals surface area contributed by atoms with Gasteiger partial charge in [-0.15, -0.1) is 0 Å². The molecule has 37 heavy (non-hydrogen) atoms. The average molecular weight is 506 g/mol. The first kappa shape index (κ1) is 25.3. The molecule has 2 atom stereocenters. The summed E-state index contributed by atoms with van der Waals surface area (Å²) in [5.74, 6) is 1.61. The molecule has 2 aromatic carbocycles. The third kappa shape index (κ3) is 4.97. The zero-order valence-electron chi connectivity index (χ0n) is 22.0. The van der Waals surface area contributed by atoms with Crippen molar-refractivity contribution in [1.82, 2.24) is 4.90 Å². The molecule has 0 aliphatic carbocycles. The quantitative estimate of drug-likeness (QED) is 0.374. The highest BCUT2D eigenvalue weighted by molar-refractivity contribution is 5.99. The third-order valence-corrected chi connectivity index (χ3v) is 7.08. The molecule has 3 aromatic rings. The van der Waals surface area contributed by atoms with Crippen molar-refractivity contribution < 1.29 is 23.4 Å². The number of rotatable bonds is 9. The first-order chi connectivity index (χ1) is 17.9. The van der Waals surface area contributed by atoms with E-state index in [1.54, 1.807) is 11.0 Å². The van der Waals surface area contributed by atoms with Gasteiger partial charge in [0, 0.05) is 13.2 Å². The van der Waals surface area contributed by atoms with Crippen LogP contribution in [0.25, 0.3) is 11.0 Å². The van der Waals surface area contributed by atoms with Crippen LogP contribution in [0.4, 0.5) is 0 Å². The van der Waals surface area contributed by atoms with Crippen molar-refractivity contribution >= 4 is 16.9 Å². The molecule has 7 heteroatoms. The van der Waals surface area contributed by atoms with Crippen LogP contribution >= 0.6 is 0 Å². The summed E-state index contributed by atoms with van der Waals surface area (Å²) in [7, 11) is 0. The van der Waals surface area contributed by atoms with Gasteiger partial charge in [-0.05, 0) is 68.9 Å². The van der Waals surface area contributed by atoms with Crippen LogP contribution < -0.4 is 14.9 Å². The van der Waals surface area contributed by atoms with Gasteiger partial charge in [0.1, 0.15) is 5.58 Å². The molecule has 2 unspecified atom stereocenters. The molecule has 5 rings (SSSR count). The molecule has 0 bridgehead atoms. The normalized spacial score (nSPS) is 19.2. The van der Waals surface area contributed by atoms with Crippen molar-refractivity contribution in [2.45, 2.75) is 59.1 Å². The van der Waals surface area contributed by atoms with Gasteiger partial charge in [-0.3, -0.25) is 9.59 Å². The summed E-state index contributed by atoms with van der Waals surface area (Å²) in [5, 5.41) is 0.481. The second-order valence-corrected chi connectivity index (χ2v) is 10.3. The third-order valence-electron chi connectivity index (χ3n) is 7.08. The summed E-state index contributed by atoms with van der Waals surface area (Å²) in [6, 6.07) is 10.5. The molecular weight excluding hydrogens is 470 g/mol. The Kier molecular flexibility index (Phi) is 7.24. The van der Waals surface area contributed by atoms with Gasteiger partial charge in [0.2, 0.25) is 5.76 Å². The van der Waals surface area contributed by atoms with E-state index in [4.69, 9.17) is 18.6 Å². The highest BCUT2D eigenvalue weighted by Crippen LogP contribution is 2.41. The number of nitrogens with zero attached hydrogens (tertiary/aromatic N) is 1. The second kappa shape index (κ2) is 10.6. The lowest BCUT2D eigenvalue weighted by atomic mass is 9.97. The first-order valence-corrected chi connectivity index (χ1v) is 13.3. The van der Waals surface area contributed by atoms with Crippen LogP contribution in [0, 0.1) is 12.8 Å². The van der Waals surface area contributed by atoms with Crippen LogP contribution in [-0.2, 0) is 4.74 Å². The molecule has 0 spiro atoms. The molecule has 7 nitrogen and oxygen atoms in total. The number of benzene rings is 2. The van der Waals surface area contributed by atoms with Gasteiger partial charge in [-0.25, -0.2) is 0 Å². The number of carbonyl (C=O) groups excluding carboxylic acids is 1. The lowest BCUT2D eigenvalue weighted by molar-refractivity contribution is 0.0486. The van der Waals surface area contributed by atoms with Crippen molar-refractivity contribution in [3.8, 4) is 11.5 Å². The van der Waals surface area contributed by atoms with Crippen LogP contribution in [-0.4, -0.2) is 43.3 Å². The van der Waals surface area contributed by atoms with Gasteiger partial charge < -0.3 is 23.5 Å². The van der Waals surface area contributed by atoms with E-state index in [-0.39, 0.29) is 23.2 Å². The van der Waals surface area contributed by atoms with Crippen molar-refractivity contribution in [3.05, 3.63) is 69.1 Å². The van der Waals surface area contributed by atoms with Gasteiger partial charge >= 0.3 is 0 Å². The number of carbonyl (C=O) groups is 1. The summed E-state index contributed by atoms with van der Waals surface area (Å²) < 4.78 is 23.9. The van der Waals surface area contributed by atoms with Crippen molar-refractivity contribution in [3.63, 3.8) is 0 Å². The van der Waals surface area contributed by atoms with Crippen LogP contribution in [0.15, 0.2) is 45.6 Å². The summed E-state index contributed by atoms with van der Waals surface area (Å²) in [5.41, 5.74) is 2.35. The van der Waals surface area contributed by atoms with E-state index in [1.807, 2.05) is 44.2 Å². The van der Waals surface area contributed by atoms with E-state index in [1.165, 1.54) is 0 Å². The maximum atomic E-state index is 13.8. The maximum Gasteiger partial charge on any atom is 0.291 e. The number of aryl methyl sites for hydroxylation is 1. The van der Waals surface area contributed by atoms with Crippen LogP contribution in [0.5, 0.6) is 11.5 Å². The Morgan fingerprint density at radius 3 is 2.65 bits per heavy atom. The van der Waals surface area contributed by atoms with Crippen LogP contribution in [0.1, 0.15) is 73.3 Å². The lowest BCUT2D eigenvalue weighted by Crippen LogP contribution is -2.36. The maximum absolute atomic E-state index is 13.8. The fourth-order valence-electron chi connectivity index (χ4n) is 5.16. The number of ether oxygens (including phenoxy) is 3. The van der Waals surface area contributed by atoms with Gasteiger partial charge in [-0.2, -0.15) is 0 Å². The summed E-state index contributed by atoms with van der Waals surface area (Å²) in [6.45, 7) is 10.3. The fourth-order valence-corrected chi connectivity index (χ4v) is 5.16. The van der Waals surface area contributed by atoms with Crippen LogP contribution in [0.3, 0.4) is 0 Å². The summed E-state index contributed by atoms with van der Waals surface area (Å²) in [4.78, 5) is 29.3. The number of amides is 1. The summed E-state index contributed by atoms with van der Waals surface area (Å²) >= 11 is 0. The number of hydrogen-bond acceptors (Lipinski definition) is 6. The molecule has 1 saturated heterocycles. The predicted octanol–water partition coefficient (Wildman–Crippen LogP) is 5.65. The highest BCUT2D eigenvalue weighted by atomic mass is 16.5. The Morgan fingerprint density at radius 1 is 1.08 bits per heavy atom. The first-order valence-electron chi connectivity index (χ1n) is 13.3. The van der Waals surface area contributed by atoms with Gasteiger partial charge in [-0.1, -0.05) is 31.5 Å². The van der Waals surface area contributed by atoms with E-state index in [9.17, 15) is 9.59 Å². The summed E-state index contributed by atoms with van der Waals surface area (Å²) in [6.07, 6.45) is 2.70. The predicted molar refractivity (Wildman–Crippen MR) is 142 cm³/mol. The minimum Gasteiger partial charge on any atom is -0.490 e. The average Bonchev–Trinajstić information content (AvgIpc) is 3.48. The molecule has 2 aliphatic heterocycles. The Bertz CT molecular complexity index is 1350. The van der Waals surface area contributed by atoms with Gasteiger partial charge in [0.05, 0.1) is 36.3 Å². The van der Waals surface area contributed by atoms with Crippen molar-refractivity contribution in [2.24, 2.45) is 5.92 Å². The zero-order valence-corrected chi connectivity index (χ0v) is 22.0. The minimum absolute atomic E-state index is 0.0717. The Hall–Kier alpha value is -3.32. The molecule has 0 N–H and O–H groups in total. The molecule has 3 heterocycles. The largest absolute Gasteiger partial charge is 0.490 e. The zero-order chi connectivity index (χ0) is 26.1. The lowest BCUT2D eigenvalue weighted by Gasteiger charge is -2.28. The van der Waals surface area contributed by atoms with E-state index >= 15 is 0 Å². The van der Waals surface area contributed by atoms with E-state index in [0.717, 1.165) is 30.4 Å². The Labute approximate surface area is 217 Å². The molecular formula is C30H35NO6. The molecule has 196 valence electrons. The van der Waals surface area contributed by atoms with E-state index < -0.39 is 6.04 Å². The van der Waals surface area contributed by atoms with Crippen LogP contribution in [0.2, 0.25) is 0 Å². The van der Waals surface area contributed by atoms with Gasteiger partial charge in [0.25, 0.3) is 5.91 Å². The molecule has 1 fully saturated rings. The molecule has 0 radical (unpaired) electrons. The molecule has 1 amide bonds. The van der Waals surface area contributed by atoms with Crippen molar-refractivity contribution in [1.29, 1.82) is 0 Å². The highest BCUT2D eigenvalue weighted by Gasteiger charge is 2.44. The number of fused-ring (bicyclic) bond motifs is 2. The van der Waals surface area contributed by atoms with Gasteiger partial charge in [0.15, 0.2) is 16.9 Å². The monoisotopic (exact) mass is 505 g/mol. The van der Waals surface area contributed by atoms with E-state index in [2.05, 4.69) is 13.8 Å². The standard InChI is InChI=1S/C30H35NO6/c1-5-34-25-16-20(9-11-24(25)36-14-12-18(2)3)27-26-28(32)22-15-19(4)8-10-23(22)37-29(26)30(33)31(27)17-21-7-6-13-35-21/h8-11,15-16,18,21,27H,5-7,12-14,17H2,1-4H3. The smallest absolute Gasteiger partial charge is 0.291 e. The minimum atomic E-state index is -0.600. The topological polar surface area (TPSA) is 78.2 Å². The van der Waals surface area contributed by atoms with Crippen molar-refractivity contribution in [2.75, 3.05) is 26.4 Å².